The van der Waals surface area contributed by atoms with Gasteiger partial charge in [0.2, 0.25) is 5.91 Å². The summed E-state index contributed by atoms with van der Waals surface area (Å²) < 4.78 is 6.38. The first-order chi connectivity index (χ1) is 16.9. The summed E-state index contributed by atoms with van der Waals surface area (Å²) in [7, 11) is 1.66. The summed E-state index contributed by atoms with van der Waals surface area (Å²) >= 11 is 3.40. The zero-order chi connectivity index (χ0) is 25.2. The molecule has 8 heteroatoms. The maximum Gasteiger partial charge on any atom is 0.321 e. The molecule has 1 heterocycles. The van der Waals surface area contributed by atoms with E-state index in [2.05, 4.69) is 26.1 Å². The van der Waals surface area contributed by atoms with Gasteiger partial charge >= 0.3 is 6.03 Å². The number of hydrogen-bond acceptors (Lipinski definition) is 4. The number of halogens is 1. The molecule has 0 bridgehead atoms. The maximum atomic E-state index is 12.8. The van der Waals surface area contributed by atoms with Crippen LogP contribution in [-0.2, 0) is 4.79 Å². The number of nitrogens with zero attached hydrogens (tertiary/aromatic N) is 3. The lowest BCUT2D eigenvalue weighted by molar-refractivity contribution is -0.134. The van der Waals surface area contributed by atoms with Gasteiger partial charge < -0.3 is 19.9 Å². The Hall–Kier alpha value is -2.84. The number of rotatable bonds is 9. The second kappa shape index (κ2) is 13.3. The van der Waals surface area contributed by atoms with Gasteiger partial charge in [0.1, 0.15) is 5.75 Å². The van der Waals surface area contributed by atoms with Crippen LogP contribution >= 0.6 is 15.9 Å². The Morgan fingerprint density at radius 3 is 2.43 bits per heavy atom. The summed E-state index contributed by atoms with van der Waals surface area (Å²) in [5.74, 6) is 0.892. The number of carbonyl (C=O) groups is 2. The van der Waals surface area contributed by atoms with Gasteiger partial charge in [-0.3, -0.25) is 9.69 Å². The Morgan fingerprint density at radius 2 is 1.77 bits per heavy atom. The largest absolute Gasteiger partial charge is 0.496 e. The number of carbonyl (C=O) groups excluding carboxylic acids is 2. The lowest BCUT2D eigenvalue weighted by atomic mass is 10.1. The summed E-state index contributed by atoms with van der Waals surface area (Å²) in [5.41, 5.74) is 1.77. The summed E-state index contributed by atoms with van der Waals surface area (Å²) in [6.07, 6.45) is 4.02. The van der Waals surface area contributed by atoms with Crippen molar-refractivity contribution < 1.29 is 14.3 Å². The topological polar surface area (TPSA) is 65.1 Å². The standard InChI is InChI=1S/C27H35BrN4O3/c1-21(2)26(33)31(14-6-8-22-7-4-5-9-25(22)35-3)18-15-30-16-19-32(20-17-30)27(34)29-24-12-10-23(28)11-13-24/h4-13,21H,14-20H2,1-3H3,(H,29,34)/b8-6+. The van der Waals surface area contributed by atoms with E-state index in [0.29, 0.717) is 26.2 Å². The van der Waals surface area contributed by atoms with Crippen molar-refractivity contribution in [3.05, 3.63) is 64.6 Å². The molecule has 3 rings (SSSR count). The van der Waals surface area contributed by atoms with E-state index in [1.54, 1.807) is 7.11 Å². The molecule has 0 saturated carbocycles. The van der Waals surface area contributed by atoms with Gasteiger partial charge in [0.25, 0.3) is 0 Å². The third-order valence-electron chi connectivity index (χ3n) is 6.01. The molecule has 0 radical (unpaired) electrons. The molecule has 2 aromatic carbocycles. The normalized spacial score (nSPS) is 14.4. The van der Waals surface area contributed by atoms with Crippen molar-refractivity contribution in [1.82, 2.24) is 14.7 Å². The van der Waals surface area contributed by atoms with Gasteiger partial charge in [-0.15, -0.1) is 0 Å². The third-order valence-corrected chi connectivity index (χ3v) is 6.54. The van der Waals surface area contributed by atoms with Crippen LogP contribution in [0.5, 0.6) is 5.75 Å². The smallest absolute Gasteiger partial charge is 0.321 e. The number of para-hydroxylation sites is 1. The molecule has 1 N–H and O–H groups in total. The number of anilines is 1. The molecule has 0 atom stereocenters. The summed E-state index contributed by atoms with van der Waals surface area (Å²) in [5, 5.41) is 2.95. The highest BCUT2D eigenvalue weighted by Crippen LogP contribution is 2.19. The number of amides is 3. The number of nitrogens with one attached hydrogen (secondary N) is 1. The van der Waals surface area contributed by atoms with Crippen LogP contribution in [0.25, 0.3) is 6.08 Å². The highest BCUT2D eigenvalue weighted by molar-refractivity contribution is 9.10. The van der Waals surface area contributed by atoms with Crippen molar-refractivity contribution in [2.24, 2.45) is 5.92 Å². The van der Waals surface area contributed by atoms with Crippen LogP contribution in [-0.4, -0.2) is 79.6 Å². The second-order valence-corrected chi connectivity index (χ2v) is 9.76. The van der Waals surface area contributed by atoms with Crippen LogP contribution in [0.2, 0.25) is 0 Å². The molecule has 1 aliphatic rings. The lowest BCUT2D eigenvalue weighted by Crippen LogP contribution is -2.51. The molecular formula is C27H35BrN4O3. The van der Waals surface area contributed by atoms with Crippen molar-refractivity contribution in [2.45, 2.75) is 13.8 Å². The monoisotopic (exact) mass is 542 g/mol. The Bertz CT molecular complexity index is 1000. The summed E-state index contributed by atoms with van der Waals surface area (Å²) in [4.78, 5) is 31.4. The van der Waals surface area contributed by atoms with E-state index in [9.17, 15) is 9.59 Å². The fraction of sp³-hybridized carbons (Fsp3) is 0.407. The van der Waals surface area contributed by atoms with Crippen molar-refractivity contribution in [2.75, 3.05) is 58.2 Å². The molecule has 0 spiro atoms. The minimum Gasteiger partial charge on any atom is -0.496 e. The average Bonchev–Trinajstić information content (AvgIpc) is 2.87. The third kappa shape index (κ3) is 8.11. The summed E-state index contributed by atoms with van der Waals surface area (Å²) in [6.45, 7) is 8.74. The van der Waals surface area contributed by atoms with E-state index in [1.165, 1.54) is 0 Å². The number of piperazine rings is 1. The molecule has 1 fully saturated rings. The lowest BCUT2D eigenvalue weighted by Gasteiger charge is -2.36. The van der Waals surface area contributed by atoms with Crippen molar-refractivity contribution in [3.63, 3.8) is 0 Å². The van der Waals surface area contributed by atoms with Crippen LogP contribution in [0.15, 0.2) is 59.1 Å². The van der Waals surface area contributed by atoms with Gasteiger partial charge in [-0.05, 0) is 30.3 Å². The van der Waals surface area contributed by atoms with Gasteiger partial charge in [-0.2, -0.15) is 0 Å². The Kier molecular flexibility index (Phi) is 10.2. The first kappa shape index (κ1) is 26.8. The molecule has 2 aromatic rings. The molecule has 7 nitrogen and oxygen atoms in total. The molecule has 0 unspecified atom stereocenters. The molecule has 35 heavy (non-hydrogen) atoms. The van der Waals surface area contributed by atoms with Gasteiger partial charge in [-0.1, -0.05) is 60.1 Å². The first-order valence-corrected chi connectivity index (χ1v) is 12.8. The number of benzene rings is 2. The van der Waals surface area contributed by atoms with Gasteiger partial charge in [0.15, 0.2) is 0 Å². The highest BCUT2D eigenvalue weighted by Gasteiger charge is 2.23. The molecule has 188 valence electrons. The second-order valence-electron chi connectivity index (χ2n) is 8.85. The molecular weight excluding hydrogens is 508 g/mol. The van der Waals surface area contributed by atoms with Gasteiger partial charge in [-0.25, -0.2) is 4.79 Å². The van der Waals surface area contributed by atoms with Crippen molar-refractivity contribution in [3.8, 4) is 5.75 Å². The first-order valence-electron chi connectivity index (χ1n) is 12.0. The Balaban J connectivity index is 1.49. The van der Waals surface area contributed by atoms with E-state index >= 15 is 0 Å². The van der Waals surface area contributed by atoms with Crippen molar-refractivity contribution >= 4 is 39.6 Å². The van der Waals surface area contributed by atoms with Gasteiger partial charge in [0.05, 0.1) is 7.11 Å². The van der Waals surface area contributed by atoms with E-state index in [1.807, 2.05) is 84.3 Å². The van der Waals surface area contributed by atoms with Crippen LogP contribution < -0.4 is 10.1 Å². The molecule has 0 aliphatic carbocycles. The summed E-state index contributed by atoms with van der Waals surface area (Å²) in [6, 6.07) is 15.3. The Morgan fingerprint density at radius 1 is 1.09 bits per heavy atom. The number of methoxy groups -OCH3 is 1. The number of hydrogen-bond donors (Lipinski definition) is 1. The van der Waals surface area contributed by atoms with Crippen LogP contribution in [0.4, 0.5) is 10.5 Å². The minimum absolute atomic E-state index is 0.0613. The molecule has 1 saturated heterocycles. The SMILES string of the molecule is COc1ccccc1/C=C/CN(CCN1CCN(C(=O)Nc2ccc(Br)cc2)CC1)C(=O)C(C)C. The fourth-order valence-corrected chi connectivity index (χ4v) is 4.20. The van der Waals surface area contributed by atoms with E-state index in [-0.39, 0.29) is 17.9 Å². The van der Waals surface area contributed by atoms with Crippen LogP contribution in [0.1, 0.15) is 19.4 Å². The molecule has 3 amide bonds. The maximum absolute atomic E-state index is 12.8. The molecule has 1 aliphatic heterocycles. The van der Waals surface area contributed by atoms with Crippen LogP contribution in [0, 0.1) is 5.92 Å². The highest BCUT2D eigenvalue weighted by atomic mass is 79.9. The van der Waals surface area contributed by atoms with Gasteiger partial charge in [0, 0.05) is 67.5 Å². The quantitative estimate of drug-likeness (QED) is 0.494. The van der Waals surface area contributed by atoms with Crippen LogP contribution in [0.3, 0.4) is 0 Å². The van der Waals surface area contributed by atoms with E-state index in [4.69, 9.17) is 4.74 Å². The number of ether oxygens (including phenoxy) is 1. The fourth-order valence-electron chi connectivity index (χ4n) is 3.94. The van der Waals surface area contributed by atoms with E-state index < -0.39 is 0 Å². The average molecular weight is 544 g/mol. The zero-order valence-electron chi connectivity index (χ0n) is 20.7. The predicted octanol–water partition coefficient (Wildman–Crippen LogP) is 4.81. The molecule has 0 aromatic heterocycles. The van der Waals surface area contributed by atoms with E-state index in [0.717, 1.165) is 41.1 Å². The number of urea groups is 1. The Labute approximate surface area is 216 Å². The van der Waals surface area contributed by atoms with Crippen molar-refractivity contribution in [1.29, 1.82) is 0 Å². The predicted molar refractivity (Wildman–Crippen MR) is 145 cm³/mol. The minimum atomic E-state index is -0.0786. The zero-order valence-corrected chi connectivity index (χ0v) is 22.3.